The van der Waals surface area contributed by atoms with Crippen LogP contribution in [-0.2, 0) is 0 Å². The fourth-order valence-electron chi connectivity index (χ4n) is 6.06. The van der Waals surface area contributed by atoms with E-state index in [-0.39, 0.29) is 37.3 Å². The van der Waals surface area contributed by atoms with Gasteiger partial charge in [-0.05, 0) is 67.8 Å². The highest BCUT2D eigenvalue weighted by molar-refractivity contribution is 6.33. The van der Waals surface area contributed by atoms with Gasteiger partial charge in [-0.25, -0.2) is 4.98 Å². The molecule has 6 nitrogen and oxygen atoms in total. The van der Waals surface area contributed by atoms with Crippen LogP contribution in [0.4, 0.5) is 5.82 Å². The second-order valence-electron chi connectivity index (χ2n) is 9.05. The third kappa shape index (κ3) is 5.92. The number of rotatable bonds is 9. The summed E-state index contributed by atoms with van der Waals surface area (Å²) in [6, 6.07) is 1.73. The zero-order chi connectivity index (χ0) is 19.6. The van der Waals surface area contributed by atoms with Gasteiger partial charge >= 0.3 is 0 Å². The van der Waals surface area contributed by atoms with Crippen molar-refractivity contribution in [2.75, 3.05) is 38.1 Å². The van der Waals surface area contributed by atoms with Gasteiger partial charge in [-0.1, -0.05) is 11.6 Å². The lowest BCUT2D eigenvalue weighted by molar-refractivity contribution is -0.0503. The average Bonchev–Trinajstić information content (AvgIpc) is 2.66. The summed E-state index contributed by atoms with van der Waals surface area (Å²) < 4.78 is 0. The normalized spacial score (nSPS) is 28.4. The Bertz CT molecular complexity index is 684. The second-order valence-corrected chi connectivity index (χ2v) is 9.46. The number of hydrogen-bond donors (Lipinski definition) is 4. The Labute approximate surface area is 196 Å². The van der Waals surface area contributed by atoms with Crippen molar-refractivity contribution in [3.63, 3.8) is 0 Å². The van der Waals surface area contributed by atoms with Crippen LogP contribution in [0.1, 0.15) is 48.9 Å². The van der Waals surface area contributed by atoms with Crippen LogP contribution in [0.3, 0.4) is 0 Å². The van der Waals surface area contributed by atoms with E-state index in [2.05, 4.69) is 20.9 Å². The molecule has 4 saturated carbocycles. The van der Waals surface area contributed by atoms with Crippen LogP contribution < -0.4 is 16.0 Å². The number of aliphatic hydroxyl groups is 1. The zero-order valence-corrected chi connectivity index (χ0v) is 19.6. The van der Waals surface area contributed by atoms with Gasteiger partial charge in [0.1, 0.15) is 5.82 Å². The van der Waals surface area contributed by atoms with Crippen molar-refractivity contribution < 1.29 is 9.90 Å². The minimum atomic E-state index is -0.107. The molecule has 1 aromatic heterocycles. The highest BCUT2D eigenvalue weighted by Gasteiger charge is 2.50. The third-order valence-electron chi connectivity index (χ3n) is 6.79. The van der Waals surface area contributed by atoms with Gasteiger partial charge in [0, 0.05) is 32.4 Å². The van der Waals surface area contributed by atoms with Crippen molar-refractivity contribution in [2.45, 2.75) is 38.5 Å². The number of amides is 1. The quantitative estimate of drug-likeness (QED) is 0.407. The molecular weight excluding hydrogens is 447 g/mol. The van der Waals surface area contributed by atoms with Crippen LogP contribution >= 0.6 is 36.4 Å². The van der Waals surface area contributed by atoms with Gasteiger partial charge in [0.2, 0.25) is 0 Å². The van der Waals surface area contributed by atoms with E-state index in [0.717, 1.165) is 24.3 Å². The molecule has 4 aliphatic rings. The molecule has 170 valence electrons. The Hall–Kier alpha value is -0.790. The predicted molar refractivity (Wildman–Crippen MR) is 125 cm³/mol. The van der Waals surface area contributed by atoms with E-state index in [4.69, 9.17) is 16.7 Å². The van der Waals surface area contributed by atoms with Crippen LogP contribution in [0, 0.1) is 23.2 Å². The van der Waals surface area contributed by atoms with Crippen molar-refractivity contribution in [1.29, 1.82) is 0 Å². The van der Waals surface area contributed by atoms with E-state index in [1.165, 1.54) is 44.7 Å². The van der Waals surface area contributed by atoms with Crippen LogP contribution in [0.5, 0.6) is 0 Å². The summed E-state index contributed by atoms with van der Waals surface area (Å²) in [5, 5.41) is 18.6. The molecule has 30 heavy (non-hydrogen) atoms. The molecule has 0 atom stereocenters. The highest BCUT2D eigenvalue weighted by atomic mass is 35.5. The van der Waals surface area contributed by atoms with E-state index in [9.17, 15) is 4.79 Å². The smallest absolute Gasteiger partial charge is 0.253 e. The van der Waals surface area contributed by atoms with Gasteiger partial charge in [0.25, 0.3) is 5.91 Å². The summed E-state index contributed by atoms with van der Waals surface area (Å²) in [6.45, 7) is 2.81. The topological polar surface area (TPSA) is 86.3 Å². The monoisotopic (exact) mass is 478 g/mol. The summed E-state index contributed by atoms with van der Waals surface area (Å²) in [4.78, 5) is 17.1. The summed E-state index contributed by atoms with van der Waals surface area (Å²) in [5.74, 6) is 3.16. The SMILES string of the molecule is Cl.Cl.O=C(NCC12CC3CC(CC(C3)C1)C2)c1cc(NCCNCCO)ncc1Cl. The van der Waals surface area contributed by atoms with E-state index in [1.807, 2.05) is 0 Å². The fraction of sp³-hybridized carbons (Fsp3) is 0.714. The molecule has 1 aromatic rings. The molecule has 0 radical (unpaired) electrons. The number of hydrogen-bond acceptors (Lipinski definition) is 5. The van der Waals surface area contributed by atoms with Crippen LogP contribution in [0.2, 0.25) is 5.02 Å². The first-order valence-electron chi connectivity index (χ1n) is 10.6. The van der Waals surface area contributed by atoms with Gasteiger partial charge in [0.05, 0.1) is 17.2 Å². The number of pyridine rings is 1. The molecular formula is C21H33Cl3N4O2. The van der Waals surface area contributed by atoms with E-state index >= 15 is 0 Å². The molecule has 4 fully saturated rings. The fourth-order valence-corrected chi connectivity index (χ4v) is 6.25. The highest BCUT2D eigenvalue weighted by Crippen LogP contribution is 2.59. The molecule has 5 rings (SSSR count). The number of anilines is 1. The summed E-state index contributed by atoms with van der Waals surface area (Å²) in [7, 11) is 0. The molecule has 0 saturated heterocycles. The lowest BCUT2D eigenvalue weighted by atomic mass is 9.49. The van der Waals surface area contributed by atoms with Gasteiger partial charge in [-0.15, -0.1) is 24.8 Å². The van der Waals surface area contributed by atoms with E-state index < -0.39 is 0 Å². The first-order chi connectivity index (χ1) is 13.6. The van der Waals surface area contributed by atoms with Gasteiger partial charge in [-0.3, -0.25) is 4.79 Å². The molecule has 4 bridgehead atoms. The first-order valence-corrected chi connectivity index (χ1v) is 10.9. The number of aliphatic hydroxyl groups excluding tert-OH is 1. The van der Waals surface area contributed by atoms with Crippen LogP contribution in [0.15, 0.2) is 12.3 Å². The first kappa shape index (κ1) is 25.5. The van der Waals surface area contributed by atoms with Gasteiger partial charge < -0.3 is 21.1 Å². The number of aromatic nitrogens is 1. The van der Waals surface area contributed by atoms with Crippen LogP contribution in [0.25, 0.3) is 0 Å². The van der Waals surface area contributed by atoms with E-state index in [0.29, 0.717) is 41.5 Å². The van der Waals surface area contributed by atoms with Crippen molar-refractivity contribution >= 4 is 48.1 Å². The number of halogens is 3. The number of carbonyl (C=O) groups excluding carboxylic acids is 1. The molecule has 9 heteroatoms. The molecule has 0 unspecified atom stereocenters. The van der Waals surface area contributed by atoms with Crippen LogP contribution in [-0.4, -0.2) is 48.8 Å². The molecule has 4 aliphatic carbocycles. The van der Waals surface area contributed by atoms with Crippen molar-refractivity contribution in [3.8, 4) is 0 Å². The Kier molecular flexibility index (Phi) is 9.50. The van der Waals surface area contributed by atoms with Crippen molar-refractivity contribution in [3.05, 3.63) is 22.8 Å². The standard InChI is InChI=1S/C21H31ClN4O2.2ClH/c22-18-12-25-19(24-2-1-23-3-4-27)8-17(18)20(28)26-13-21-9-14-5-15(10-21)7-16(6-14)11-21;;/h8,12,14-16,23,27H,1-7,9-11,13H2,(H,24,25)(H,26,28);2*1H. The van der Waals surface area contributed by atoms with Crippen molar-refractivity contribution in [2.24, 2.45) is 23.2 Å². The molecule has 0 aromatic carbocycles. The molecule has 1 amide bonds. The van der Waals surface area contributed by atoms with Crippen molar-refractivity contribution in [1.82, 2.24) is 15.6 Å². The number of carbonyl (C=O) groups is 1. The zero-order valence-electron chi connectivity index (χ0n) is 17.2. The summed E-state index contributed by atoms with van der Waals surface area (Å²) >= 11 is 6.26. The number of nitrogens with zero attached hydrogens (tertiary/aromatic N) is 1. The summed E-state index contributed by atoms with van der Waals surface area (Å²) in [5.41, 5.74) is 0.788. The molecule has 0 aliphatic heterocycles. The average molecular weight is 480 g/mol. The molecule has 4 N–H and O–H groups in total. The summed E-state index contributed by atoms with van der Waals surface area (Å²) in [6.07, 6.45) is 9.58. The minimum Gasteiger partial charge on any atom is -0.395 e. The largest absolute Gasteiger partial charge is 0.395 e. The van der Waals surface area contributed by atoms with Gasteiger partial charge in [0.15, 0.2) is 0 Å². The molecule has 0 spiro atoms. The van der Waals surface area contributed by atoms with Gasteiger partial charge in [-0.2, -0.15) is 0 Å². The lowest BCUT2D eigenvalue weighted by Gasteiger charge is -2.56. The maximum atomic E-state index is 12.8. The maximum Gasteiger partial charge on any atom is 0.253 e. The second kappa shape index (κ2) is 11.2. The lowest BCUT2D eigenvalue weighted by Crippen LogP contribution is -2.51. The number of nitrogens with one attached hydrogen (secondary N) is 3. The Morgan fingerprint density at radius 3 is 2.33 bits per heavy atom. The Balaban J connectivity index is 0.00000160. The minimum absolute atomic E-state index is 0. The van der Waals surface area contributed by atoms with E-state index in [1.54, 1.807) is 6.07 Å². The third-order valence-corrected chi connectivity index (χ3v) is 7.09. The Morgan fingerprint density at radius 2 is 1.73 bits per heavy atom. The molecule has 1 heterocycles. The predicted octanol–water partition coefficient (Wildman–Crippen LogP) is 3.52. The Morgan fingerprint density at radius 1 is 1.10 bits per heavy atom. The maximum absolute atomic E-state index is 12.8.